The zero-order valence-corrected chi connectivity index (χ0v) is 15.3. The molecule has 0 N–H and O–H groups in total. The Bertz CT molecular complexity index is 1140. The summed E-state index contributed by atoms with van der Waals surface area (Å²) in [4.78, 5) is 15.6. The van der Waals surface area contributed by atoms with E-state index in [-0.39, 0.29) is 10.6 Å². The van der Waals surface area contributed by atoms with Crippen molar-refractivity contribution in [2.45, 2.75) is 6.92 Å². The lowest BCUT2D eigenvalue weighted by atomic mass is 9.98. The number of pyridine rings is 1. The molecule has 1 aromatic heterocycles. The number of rotatable bonds is 5. The van der Waals surface area contributed by atoms with Crippen LogP contribution in [-0.2, 0) is 0 Å². The molecule has 0 saturated heterocycles. The molecule has 0 atom stereocenters. The lowest BCUT2D eigenvalue weighted by molar-refractivity contribution is -0.384. The topological polar surface area (TPSA) is 65.3 Å². The van der Waals surface area contributed by atoms with Crippen LogP contribution in [0, 0.1) is 10.1 Å². The van der Waals surface area contributed by atoms with Crippen molar-refractivity contribution in [2.24, 2.45) is 0 Å². The SMILES string of the molecule is CCOc1ccc(-c2cc(-c3ccccc3)c3cc([N+](=O)[O-])ccc3n2)cc1. The van der Waals surface area contributed by atoms with E-state index in [1.54, 1.807) is 12.1 Å². The summed E-state index contributed by atoms with van der Waals surface area (Å²) in [7, 11) is 0. The number of aromatic nitrogens is 1. The van der Waals surface area contributed by atoms with Crippen molar-refractivity contribution >= 4 is 16.6 Å². The first kappa shape index (κ1) is 17.7. The van der Waals surface area contributed by atoms with Gasteiger partial charge in [0.05, 0.1) is 22.7 Å². The molecule has 0 saturated carbocycles. The average molecular weight is 370 g/mol. The molecule has 138 valence electrons. The summed E-state index contributed by atoms with van der Waals surface area (Å²) in [6.07, 6.45) is 0. The average Bonchev–Trinajstić information content (AvgIpc) is 2.74. The number of hydrogen-bond donors (Lipinski definition) is 0. The Kier molecular flexibility index (Phi) is 4.72. The molecule has 0 radical (unpaired) electrons. The molecule has 0 unspecified atom stereocenters. The van der Waals surface area contributed by atoms with Crippen molar-refractivity contribution < 1.29 is 9.66 Å². The molecule has 0 aliphatic carbocycles. The molecule has 0 spiro atoms. The molecule has 4 aromatic rings. The van der Waals surface area contributed by atoms with Gasteiger partial charge >= 0.3 is 0 Å². The highest BCUT2D eigenvalue weighted by Gasteiger charge is 2.14. The predicted molar refractivity (Wildman–Crippen MR) is 110 cm³/mol. The Balaban J connectivity index is 1.91. The lowest BCUT2D eigenvalue weighted by Crippen LogP contribution is -1.93. The molecular formula is C23H18N2O3. The van der Waals surface area contributed by atoms with E-state index < -0.39 is 0 Å². The zero-order valence-electron chi connectivity index (χ0n) is 15.3. The Morgan fingerprint density at radius 2 is 1.68 bits per heavy atom. The molecule has 28 heavy (non-hydrogen) atoms. The number of benzene rings is 3. The highest BCUT2D eigenvalue weighted by Crippen LogP contribution is 2.34. The van der Waals surface area contributed by atoms with Crippen molar-refractivity contribution in [1.82, 2.24) is 4.98 Å². The molecule has 0 fully saturated rings. The highest BCUT2D eigenvalue weighted by atomic mass is 16.6. The van der Waals surface area contributed by atoms with Gasteiger partial charge in [-0.2, -0.15) is 0 Å². The van der Waals surface area contributed by atoms with E-state index in [1.165, 1.54) is 6.07 Å². The van der Waals surface area contributed by atoms with E-state index in [2.05, 4.69) is 0 Å². The van der Waals surface area contributed by atoms with Gasteiger partial charge in [0.15, 0.2) is 0 Å². The molecular weight excluding hydrogens is 352 g/mol. The van der Waals surface area contributed by atoms with Crippen LogP contribution >= 0.6 is 0 Å². The number of nitrogens with zero attached hydrogens (tertiary/aromatic N) is 2. The number of nitro groups is 1. The van der Waals surface area contributed by atoms with E-state index >= 15 is 0 Å². The van der Waals surface area contributed by atoms with E-state index in [9.17, 15) is 10.1 Å². The van der Waals surface area contributed by atoms with Gasteiger partial charge in [-0.15, -0.1) is 0 Å². The van der Waals surface area contributed by atoms with Gasteiger partial charge < -0.3 is 4.74 Å². The fourth-order valence-corrected chi connectivity index (χ4v) is 3.22. The van der Waals surface area contributed by atoms with Crippen molar-refractivity contribution in [2.75, 3.05) is 6.61 Å². The molecule has 5 nitrogen and oxygen atoms in total. The van der Waals surface area contributed by atoms with Crippen molar-refractivity contribution in [3.8, 4) is 28.1 Å². The summed E-state index contributed by atoms with van der Waals surface area (Å²) >= 11 is 0. The second-order valence-corrected chi connectivity index (χ2v) is 6.34. The van der Waals surface area contributed by atoms with Gasteiger partial charge in [-0.3, -0.25) is 10.1 Å². The Labute approximate surface area is 162 Å². The summed E-state index contributed by atoms with van der Waals surface area (Å²) in [6, 6.07) is 24.4. The minimum Gasteiger partial charge on any atom is -0.494 e. The van der Waals surface area contributed by atoms with Gasteiger partial charge in [0, 0.05) is 23.1 Å². The van der Waals surface area contributed by atoms with Crippen LogP contribution in [0.25, 0.3) is 33.3 Å². The molecule has 0 aliphatic heterocycles. The Morgan fingerprint density at radius 1 is 0.929 bits per heavy atom. The van der Waals surface area contributed by atoms with E-state index in [1.807, 2.05) is 67.6 Å². The normalized spacial score (nSPS) is 10.8. The number of nitro benzene ring substituents is 1. The number of fused-ring (bicyclic) bond motifs is 1. The van der Waals surface area contributed by atoms with Gasteiger partial charge in [-0.1, -0.05) is 30.3 Å². The predicted octanol–water partition coefficient (Wildman–Crippen LogP) is 5.88. The van der Waals surface area contributed by atoms with Crippen LogP contribution in [0.15, 0.2) is 78.9 Å². The van der Waals surface area contributed by atoms with Gasteiger partial charge in [0.25, 0.3) is 5.69 Å². The lowest BCUT2D eigenvalue weighted by Gasteiger charge is -2.11. The molecule has 0 aliphatic rings. The van der Waals surface area contributed by atoms with E-state index in [0.29, 0.717) is 6.61 Å². The summed E-state index contributed by atoms with van der Waals surface area (Å²) in [5, 5.41) is 12.0. The maximum Gasteiger partial charge on any atom is 0.270 e. The molecule has 1 heterocycles. The summed E-state index contributed by atoms with van der Waals surface area (Å²) in [6.45, 7) is 2.56. The van der Waals surface area contributed by atoms with Crippen molar-refractivity contribution in [3.63, 3.8) is 0 Å². The molecule has 5 heteroatoms. The van der Waals surface area contributed by atoms with Crippen LogP contribution in [0.3, 0.4) is 0 Å². The van der Waals surface area contributed by atoms with Crippen molar-refractivity contribution in [1.29, 1.82) is 0 Å². The van der Waals surface area contributed by atoms with Crippen LogP contribution in [0.1, 0.15) is 6.92 Å². The third-order valence-electron chi connectivity index (χ3n) is 4.55. The standard InChI is InChI=1S/C23H18N2O3/c1-2-28-19-11-8-17(9-12-19)23-15-20(16-6-4-3-5-7-16)21-14-18(25(26)27)10-13-22(21)24-23/h3-15H,2H2,1H3. The third kappa shape index (κ3) is 3.42. The summed E-state index contributed by atoms with van der Waals surface area (Å²) in [5.41, 5.74) is 4.45. The summed E-state index contributed by atoms with van der Waals surface area (Å²) < 4.78 is 5.51. The monoisotopic (exact) mass is 370 g/mol. The second-order valence-electron chi connectivity index (χ2n) is 6.34. The maximum atomic E-state index is 11.2. The Hall–Kier alpha value is -3.73. The second kappa shape index (κ2) is 7.48. The highest BCUT2D eigenvalue weighted by molar-refractivity contribution is 5.97. The fraction of sp³-hybridized carbons (Fsp3) is 0.0870. The maximum absolute atomic E-state index is 11.2. The first-order valence-electron chi connectivity index (χ1n) is 9.03. The van der Waals surface area contributed by atoms with E-state index in [0.717, 1.165) is 39.0 Å². The van der Waals surface area contributed by atoms with Crippen LogP contribution in [-0.4, -0.2) is 16.5 Å². The van der Waals surface area contributed by atoms with Crippen LogP contribution < -0.4 is 4.74 Å². The molecule has 0 amide bonds. The largest absolute Gasteiger partial charge is 0.494 e. The van der Waals surface area contributed by atoms with Gasteiger partial charge in [-0.25, -0.2) is 4.98 Å². The number of ether oxygens (including phenoxy) is 1. The van der Waals surface area contributed by atoms with E-state index in [4.69, 9.17) is 9.72 Å². The van der Waals surface area contributed by atoms with Gasteiger partial charge in [0.1, 0.15) is 5.75 Å². The summed E-state index contributed by atoms with van der Waals surface area (Å²) in [5.74, 6) is 0.811. The fourth-order valence-electron chi connectivity index (χ4n) is 3.22. The van der Waals surface area contributed by atoms with Crippen LogP contribution in [0.5, 0.6) is 5.75 Å². The van der Waals surface area contributed by atoms with Crippen molar-refractivity contribution in [3.05, 3.63) is 89.0 Å². The number of non-ortho nitro benzene ring substituents is 1. The molecule has 0 bridgehead atoms. The minimum absolute atomic E-state index is 0.0558. The molecule has 3 aromatic carbocycles. The number of hydrogen-bond acceptors (Lipinski definition) is 4. The Morgan fingerprint density at radius 3 is 2.36 bits per heavy atom. The van der Waals surface area contributed by atoms with Gasteiger partial charge in [0.2, 0.25) is 0 Å². The van der Waals surface area contributed by atoms with Crippen LogP contribution in [0.4, 0.5) is 5.69 Å². The smallest absolute Gasteiger partial charge is 0.270 e. The van der Waals surface area contributed by atoms with Crippen LogP contribution in [0.2, 0.25) is 0 Å². The quantitative estimate of drug-likeness (QED) is 0.325. The third-order valence-corrected chi connectivity index (χ3v) is 4.55. The first-order valence-corrected chi connectivity index (χ1v) is 9.03. The zero-order chi connectivity index (χ0) is 19.5. The first-order chi connectivity index (χ1) is 13.7. The van der Waals surface area contributed by atoms with Gasteiger partial charge in [-0.05, 0) is 54.4 Å². The minimum atomic E-state index is -0.380. The molecule has 4 rings (SSSR count).